The summed E-state index contributed by atoms with van der Waals surface area (Å²) in [5, 5.41) is 15.5. The number of benzene rings is 2. The van der Waals surface area contributed by atoms with E-state index in [4.69, 9.17) is 27.9 Å². The van der Waals surface area contributed by atoms with Gasteiger partial charge in [0.1, 0.15) is 18.0 Å². The minimum Gasteiger partial charge on any atom is -0.481 e. The number of rotatable bonds is 4. The molecule has 35 heavy (non-hydrogen) atoms. The van der Waals surface area contributed by atoms with Crippen molar-refractivity contribution in [2.45, 2.75) is 31.2 Å². The van der Waals surface area contributed by atoms with E-state index in [-0.39, 0.29) is 21.8 Å². The highest BCUT2D eigenvalue weighted by Gasteiger charge is 2.44. The molecular weight excluding hydrogens is 531 g/mol. The van der Waals surface area contributed by atoms with Crippen LogP contribution in [-0.2, 0) is 15.7 Å². The Labute approximate surface area is 201 Å². The lowest BCUT2D eigenvalue weighted by Crippen LogP contribution is -2.18. The van der Waals surface area contributed by atoms with Crippen LogP contribution in [0.3, 0.4) is 0 Å². The minimum atomic E-state index is -5.09. The average molecular weight is 542 g/mol. The molecule has 3 aromatic rings. The largest absolute Gasteiger partial charge is 0.573 e. The first-order valence-corrected chi connectivity index (χ1v) is 10.3. The van der Waals surface area contributed by atoms with Gasteiger partial charge in [-0.3, -0.25) is 9.36 Å². The molecule has 2 atom stereocenters. The van der Waals surface area contributed by atoms with Gasteiger partial charge in [0.25, 0.3) is 0 Å². The van der Waals surface area contributed by atoms with Gasteiger partial charge in [-0.1, -0.05) is 35.3 Å². The van der Waals surface area contributed by atoms with Gasteiger partial charge >= 0.3 is 18.5 Å². The Morgan fingerprint density at radius 3 is 2.43 bits per heavy atom. The zero-order valence-corrected chi connectivity index (χ0v) is 18.4. The van der Waals surface area contributed by atoms with E-state index in [1.165, 1.54) is 24.3 Å². The predicted molar refractivity (Wildman–Crippen MR) is 107 cm³/mol. The number of nitrogens with zero attached hydrogens (tertiary/aromatic N) is 3. The number of halogens is 8. The molecule has 0 unspecified atom stereocenters. The number of ether oxygens (including phenoxy) is 2. The van der Waals surface area contributed by atoms with Crippen LogP contribution in [0.2, 0.25) is 10.0 Å². The molecule has 0 bridgehead atoms. The van der Waals surface area contributed by atoms with Crippen LogP contribution in [-0.4, -0.2) is 32.2 Å². The molecule has 1 aliphatic rings. The monoisotopic (exact) mass is 541 g/mol. The van der Waals surface area contributed by atoms with Crippen LogP contribution in [0.15, 0.2) is 36.4 Å². The Balaban J connectivity index is 1.98. The third-order valence-corrected chi connectivity index (χ3v) is 5.54. The van der Waals surface area contributed by atoms with Gasteiger partial charge < -0.3 is 14.6 Å². The fourth-order valence-corrected chi connectivity index (χ4v) is 4.08. The van der Waals surface area contributed by atoms with E-state index in [0.29, 0.717) is 4.57 Å². The molecule has 2 heterocycles. The normalized spacial score (nSPS) is 17.9. The smallest absolute Gasteiger partial charge is 0.481 e. The molecule has 186 valence electrons. The van der Waals surface area contributed by atoms with E-state index in [1.807, 2.05) is 0 Å². The summed E-state index contributed by atoms with van der Waals surface area (Å²) in [5.74, 6) is -4.18. The summed E-state index contributed by atoms with van der Waals surface area (Å²) in [7, 11) is 0. The Hall–Kier alpha value is -3.03. The lowest BCUT2D eigenvalue weighted by Gasteiger charge is -2.24. The first-order valence-electron chi connectivity index (χ1n) is 9.50. The van der Waals surface area contributed by atoms with Crippen LogP contribution in [0.25, 0.3) is 5.69 Å². The van der Waals surface area contributed by atoms with Gasteiger partial charge in [-0.15, -0.1) is 23.4 Å². The number of aromatic nitrogens is 3. The van der Waals surface area contributed by atoms with Crippen molar-refractivity contribution in [3.05, 3.63) is 69.2 Å². The van der Waals surface area contributed by atoms with Gasteiger partial charge in [-0.25, -0.2) is 0 Å². The zero-order valence-electron chi connectivity index (χ0n) is 16.9. The van der Waals surface area contributed by atoms with Crippen LogP contribution in [0.1, 0.15) is 41.4 Å². The van der Waals surface area contributed by atoms with Gasteiger partial charge in [0, 0.05) is 16.1 Å². The molecule has 0 amide bonds. The summed E-state index contributed by atoms with van der Waals surface area (Å²) in [4.78, 5) is 11.5. The Kier molecular flexibility index (Phi) is 6.36. The molecule has 2 aromatic carbocycles. The van der Waals surface area contributed by atoms with Crippen molar-refractivity contribution in [2.24, 2.45) is 0 Å². The van der Waals surface area contributed by atoms with Gasteiger partial charge in [0.15, 0.2) is 5.82 Å². The van der Waals surface area contributed by atoms with Crippen molar-refractivity contribution >= 4 is 29.2 Å². The Morgan fingerprint density at radius 2 is 1.80 bits per heavy atom. The van der Waals surface area contributed by atoms with Crippen LogP contribution < -0.4 is 4.74 Å². The molecule has 1 N–H and O–H groups in total. The topological polar surface area (TPSA) is 86.5 Å². The summed E-state index contributed by atoms with van der Waals surface area (Å²) in [6.07, 6.45) is -14.0. The second-order valence-electron chi connectivity index (χ2n) is 7.23. The maximum absolute atomic E-state index is 13.7. The van der Waals surface area contributed by atoms with Crippen molar-refractivity contribution in [3.8, 4) is 11.4 Å². The van der Waals surface area contributed by atoms with Crippen molar-refractivity contribution in [3.63, 3.8) is 0 Å². The number of fused-ring (bicyclic) bond motifs is 3. The number of hydrogen-bond acceptors (Lipinski definition) is 5. The molecule has 15 heteroatoms. The fraction of sp³-hybridized carbons (Fsp3) is 0.250. The summed E-state index contributed by atoms with van der Waals surface area (Å²) in [6.45, 7) is 0. The number of hydrogen-bond donors (Lipinski definition) is 1. The third kappa shape index (κ3) is 5.02. The average Bonchev–Trinajstić information content (AvgIpc) is 3.13. The van der Waals surface area contributed by atoms with Crippen LogP contribution in [0.5, 0.6) is 5.75 Å². The molecular formula is C20H11Cl2F6N3O4. The van der Waals surface area contributed by atoms with Crippen molar-refractivity contribution < 1.29 is 45.7 Å². The van der Waals surface area contributed by atoms with Crippen molar-refractivity contribution in [2.75, 3.05) is 0 Å². The maximum atomic E-state index is 13.7. The van der Waals surface area contributed by atoms with E-state index < -0.39 is 59.6 Å². The highest BCUT2D eigenvalue weighted by atomic mass is 35.5. The molecule has 4 rings (SSSR count). The number of carboxylic acids is 1. The first-order chi connectivity index (χ1) is 16.3. The number of carboxylic acid groups (broad SMARTS) is 1. The summed E-state index contributed by atoms with van der Waals surface area (Å²) in [5.41, 5.74) is -0.375. The van der Waals surface area contributed by atoms with E-state index in [1.54, 1.807) is 0 Å². The van der Waals surface area contributed by atoms with Crippen LogP contribution in [0.4, 0.5) is 26.3 Å². The number of aliphatic carboxylic acids is 1. The van der Waals surface area contributed by atoms with Crippen molar-refractivity contribution in [1.82, 2.24) is 14.8 Å². The highest BCUT2D eigenvalue weighted by molar-refractivity contribution is 6.33. The first kappa shape index (κ1) is 25.1. The Morgan fingerprint density at radius 1 is 1.09 bits per heavy atom. The van der Waals surface area contributed by atoms with E-state index in [9.17, 15) is 36.2 Å². The van der Waals surface area contributed by atoms with Gasteiger partial charge in [0.2, 0.25) is 5.82 Å². The molecule has 1 aromatic heterocycles. The number of carbonyl (C=O) groups is 1. The van der Waals surface area contributed by atoms with E-state index >= 15 is 0 Å². The maximum Gasteiger partial charge on any atom is 0.573 e. The second-order valence-corrected chi connectivity index (χ2v) is 8.04. The van der Waals surface area contributed by atoms with Gasteiger partial charge in [0.05, 0.1) is 17.1 Å². The van der Waals surface area contributed by atoms with E-state index in [0.717, 1.165) is 12.1 Å². The predicted octanol–water partition coefficient (Wildman–Crippen LogP) is 6.13. The Bertz CT molecular complexity index is 1290. The van der Waals surface area contributed by atoms with Gasteiger partial charge in [-0.05, 0) is 24.3 Å². The fourth-order valence-electron chi connectivity index (χ4n) is 3.64. The second kappa shape index (κ2) is 8.88. The lowest BCUT2D eigenvalue weighted by molar-refractivity contribution is -0.274. The van der Waals surface area contributed by atoms with Crippen molar-refractivity contribution in [1.29, 1.82) is 0 Å². The summed E-state index contributed by atoms with van der Waals surface area (Å²) >= 11 is 12.3. The molecule has 0 radical (unpaired) electrons. The van der Waals surface area contributed by atoms with Crippen LogP contribution in [0, 0.1) is 0 Å². The molecule has 0 saturated heterocycles. The lowest BCUT2D eigenvalue weighted by atomic mass is 9.99. The van der Waals surface area contributed by atoms with Gasteiger partial charge in [-0.2, -0.15) is 13.2 Å². The zero-order chi connectivity index (χ0) is 25.7. The standard InChI is InChI=1S/C20H11Cl2F6N3O4/c21-8-4-5-11-10(6-8)16(9-2-1-3-12(15(9)22)35-20(26,27)28)34-13(7-14(32)33)17-29-30-18(31(11)17)19(23,24)25/h1-6,13,16H,7H2,(H,32,33)/t13-,16-/m1/s1. The van der Waals surface area contributed by atoms with Crippen LogP contribution >= 0.6 is 23.2 Å². The third-order valence-electron chi connectivity index (χ3n) is 4.90. The molecule has 0 fully saturated rings. The molecule has 1 aliphatic heterocycles. The highest BCUT2D eigenvalue weighted by Crippen LogP contribution is 2.46. The minimum absolute atomic E-state index is 0.0519. The molecule has 7 nitrogen and oxygen atoms in total. The molecule has 0 saturated carbocycles. The van der Waals surface area contributed by atoms with E-state index in [2.05, 4.69) is 14.9 Å². The molecule has 0 aliphatic carbocycles. The summed E-state index contributed by atoms with van der Waals surface area (Å²) in [6, 6.07) is 7.04. The summed E-state index contributed by atoms with van der Waals surface area (Å²) < 4.78 is 90.1. The quantitative estimate of drug-likeness (QED) is 0.400. The molecule has 0 spiro atoms. The SMILES string of the molecule is O=C(O)C[C@H]1O[C@H](c2cccc(OC(F)(F)F)c2Cl)c2cc(Cl)ccc2-n2c1nnc2C(F)(F)F. The number of alkyl halides is 6.